The molecule has 0 heterocycles. The quantitative estimate of drug-likeness (QED) is 0.898. The second-order valence-corrected chi connectivity index (χ2v) is 7.05. The first kappa shape index (κ1) is 16.3. The molecule has 0 spiro atoms. The molecule has 0 unspecified atom stereocenters. The maximum atomic E-state index is 12.1. The molecule has 0 bridgehead atoms. The Morgan fingerprint density at radius 1 is 1.09 bits per heavy atom. The van der Waals surface area contributed by atoms with Crippen molar-refractivity contribution in [2.24, 2.45) is 0 Å². The highest BCUT2D eigenvalue weighted by molar-refractivity contribution is 7.92. The zero-order valence-electron chi connectivity index (χ0n) is 12.1. The van der Waals surface area contributed by atoms with Gasteiger partial charge in [-0.15, -0.1) is 0 Å². The zero-order valence-corrected chi connectivity index (χ0v) is 13.6. The molecular weight excluding hydrogens is 324 g/mol. The average Bonchev–Trinajstić information content (AvgIpc) is 2.41. The zero-order chi connectivity index (χ0) is 16.3. The van der Waals surface area contributed by atoms with Crippen molar-refractivity contribution >= 4 is 38.9 Å². The van der Waals surface area contributed by atoms with Gasteiger partial charge in [-0.1, -0.05) is 11.6 Å². The molecule has 0 aliphatic carbocycles. The average molecular weight is 339 g/mol. The number of benzene rings is 2. The Hall–Kier alpha value is -2.05. The summed E-state index contributed by atoms with van der Waals surface area (Å²) in [7, 11) is -3.33. The van der Waals surface area contributed by atoms with E-state index in [1.54, 1.807) is 49.4 Å². The Morgan fingerprint density at radius 3 is 2.27 bits per heavy atom. The van der Waals surface area contributed by atoms with Crippen LogP contribution in [0.5, 0.6) is 0 Å². The van der Waals surface area contributed by atoms with E-state index in [0.717, 1.165) is 6.26 Å². The summed E-state index contributed by atoms with van der Waals surface area (Å²) in [6.45, 7) is 1.76. The van der Waals surface area contributed by atoms with Gasteiger partial charge in [0.2, 0.25) is 10.0 Å². The van der Waals surface area contributed by atoms with Gasteiger partial charge in [-0.05, 0) is 55.0 Å². The van der Waals surface area contributed by atoms with Crippen molar-refractivity contribution < 1.29 is 13.2 Å². The summed E-state index contributed by atoms with van der Waals surface area (Å²) in [5, 5.41) is 3.31. The van der Waals surface area contributed by atoms with Crippen molar-refractivity contribution in [2.45, 2.75) is 6.92 Å². The van der Waals surface area contributed by atoms with Gasteiger partial charge >= 0.3 is 0 Å². The lowest BCUT2D eigenvalue weighted by Crippen LogP contribution is -2.13. The van der Waals surface area contributed by atoms with Crippen LogP contribution < -0.4 is 10.0 Å². The lowest BCUT2D eigenvalue weighted by Gasteiger charge is -2.11. The number of carbonyl (C=O) groups excluding carboxylic acids is 1. The minimum atomic E-state index is -3.33. The van der Waals surface area contributed by atoms with Crippen LogP contribution in [0.3, 0.4) is 0 Å². The lowest BCUT2D eigenvalue weighted by atomic mass is 10.1. The fraction of sp³-hybridized carbons (Fsp3) is 0.133. The van der Waals surface area contributed by atoms with E-state index >= 15 is 0 Å². The third kappa shape index (κ3) is 4.47. The van der Waals surface area contributed by atoms with E-state index in [-0.39, 0.29) is 5.91 Å². The summed E-state index contributed by atoms with van der Waals surface area (Å²) >= 11 is 5.78. The first-order valence-corrected chi connectivity index (χ1v) is 8.67. The van der Waals surface area contributed by atoms with E-state index in [0.29, 0.717) is 27.5 Å². The van der Waals surface area contributed by atoms with E-state index in [9.17, 15) is 13.2 Å². The second-order valence-electron chi connectivity index (χ2n) is 4.86. The molecule has 2 aromatic carbocycles. The van der Waals surface area contributed by atoms with Gasteiger partial charge < -0.3 is 5.32 Å². The maximum Gasteiger partial charge on any atom is 0.255 e. The molecule has 0 saturated heterocycles. The number of amides is 1. The Bertz CT molecular complexity index is 802. The van der Waals surface area contributed by atoms with E-state index < -0.39 is 10.0 Å². The summed E-state index contributed by atoms with van der Waals surface area (Å²) in [6.07, 6.45) is 1.09. The number of anilines is 2. The van der Waals surface area contributed by atoms with Crippen LogP contribution in [0.15, 0.2) is 42.5 Å². The number of hydrogen-bond donors (Lipinski definition) is 2. The van der Waals surface area contributed by atoms with Crippen molar-refractivity contribution in [1.82, 2.24) is 0 Å². The van der Waals surface area contributed by atoms with Gasteiger partial charge in [-0.25, -0.2) is 8.42 Å². The van der Waals surface area contributed by atoms with Crippen LogP contribution in [0.1, 0.15) is 15.9 Å². The van der Waals surface area contributed by atoms with Crippen molar-refractivity contribution in [1.29, 1.82) is 0 Å². The van der Waals surface area contributed by atoms with Gasteiger partial charge in [0.15, 0.2) is 0 Å². The molecule has 0 aromatic heterocycles. The van der Waals surface area contributed by atoms with Gasteiger partial charge in [0, 0.05) is 16.3 Å². The predicted molar refractivity (Wildman–Crippen MR) is 89.1 cm³/mol. The Labute approximate surface area is 134 Å². The molecule has 22 heavy (non-hydrogen) atoms. The number of nitrogens with one attached hydrogen (secondary N) is 2. The minimum absolute atomic E-state index is 0.264. The molecule has 2 aromatic rings. The fourth-order valence-electron chi connectivity index (χ4n) is 1.86. The van der Waals surface area contributed by atoms with Gasteiger partial charge in [-0.2, -0.15) is 0 Å². The smallest absolute Gasteiger partial charge is 0.255 e. The van der Waals surface area contributed by atoms with Gasteiger partial charge in [0.05, 0.1) is 11.9 Å². The molecule has 0 aliphatic rings. The van der Waals surface area contributed by atoms with E-state index in [2.05, 4.69) is 10.0 Å². The molecule has 0 saturated carbocycles. The van der Waals surface area contributed by atoms with Crippen molar-refractivity contribution in [3.05, 3.63) is 58.6 Å². The molecule has 116 valence electrons. The van der Waals surface area contributed by atoms with Crippen LogP contribution in [-0.2, 0) is 10.0 Å². The third-order valence-corrected chi connectivity index (χ3v) is 3.73. The number of carbonyl (C=O) groups is 1. The number of hydrogen-bond acceptors (Lipinski definition) is 3. The summed E-state index contributed by atoms with van der Waals surface area (Å²) < 4.78 is 24.9. The molecule has 7 heteroatoms. The summed E-state index contributed by atoms with van der Waals surface area (Å²) in [6, 6.07) is 11.5. The molecule has 5 nitrogen and oxygen atoms in total. The lowest BCUT2D eigenvalue weighted by molar-refractivity contribution is 0.102. The fourth-order valence-corrected chi connectivity index (χ4v) is 2.61. The Kier molecular flexibility index (Phi) is 4.73. The molecular formula is C15H15ClN2O3S. The molecule has 0 atom stereocenters. The number of aryl methyl sites for hydroxylation is 1. The first-order valence-electron chi connectivity index (χ1n) is 6.40. The minimum Gasteiger partial charge on any atom is -0.322 e. The van der Waals surface area contributed by atoms with Crippen LogP contribution in [0.25, 0.3) is 0 Å². The highest BCUT2D eigenvalue weighted by atomic mass is 35.5. The van der Waals surface area contributed by atoms with E-state index in [1.165, 1.54) is 0 Å². The third-order valence-electron chi connectivity index (χ3n) is 2.89. The molecule has 1 amide bonds. The Morgan fingerprint density at radius 2 is 1.73 bits per heavy atom. The van der Waals surface area contributed by atoms with Crippen molar-refractivity contribution in [2.75, 3.05) is 16.3 Å². The normalized spacial score (nSPS) is 11.0. The van der Waals surface area contributed by atoms with Gasteiger partial charge in [0.1, 0.15) is 0 Å². The number of halogens is 1. The Balaban J connectivity index is 2.15. The molecule has 2 rings (SSSR count). The van der Waals surface area contributed by atoms with Gasteiger partial charge in [-0.3, -0.25) is 9.52 Å². The number of rotatable bonds is 4. The van der Waals surface area contributed by atoms with E-state index in [1.807, 2.05) is 0 Å². The van der Waals surface area contributed by atoms with Crippen LogP contribution >= 0.6 is 11.6 Å². The van der Waals surface area contributed by atoms with Crippen LogP contribution in [-0.4, -0.2) is 20.6 Å². The molecule has 0 aliphatic heterocycles. The summed E-state index contributed by atoms with van der Waals surface area (Å²) in [4.78, 5) is 12.1. The van der Waals surface area contributed by atoms with Crippen LogP contribution in [0, 0.1) is 6.92 Å². The van der Waals surface area contributed by atoms with Crippen molar-refractivity contribution in [3.63, 3.8) is 0 Å². The van der Waals surface area contributed by atoms with Crippen LogP contribution in [0.4, 0.5) is 11.4 Å². The monoisotopic (exact) mass is 338 g/mol. The molecule has 0 radical (unpaired) electrons. The second kappa shape index (κ2) is 6.37. The summed E-state index contributed by atoms with van der Waals surface area (Å²) in [5.74, 6) is -0.264. The first-order chi connectivity index (χ1) is 10.2. The van der Waals surface area contributed by atoms with Gasteiger partial charge in [0.25, 0.3) is 5.91 Å². The molecule has 2 N–H and O–H groups in total. The SMILES string of the molecule is Cc1cc(NC(=O)c2ccc(Cl)cc2)ccc1NS(C)(=O)=O. The highest BCUT2D eigenvalue weighted by Crippen LogP contribution is 2.21. The van der Waals surface area contributed by atoms with Crippen molar-refractivity contribution in [3.8, 4) is 0 Å². The molecule has 0 fully saturated rings. The van der Waals surface area contributed by atoms with Crippen LogP contribution in [0.2, 0.25) is 5.02 Å². The highest BCUT2D eigenvalue weighted by Gasteiger charge is 2.09. The van der Waals surface area contributed by atoms with E-state index in [4.69, 9.17) is 11.6 Å². The largest absolute Gasteiger partial charge is 0.322 e. The summed E-state index contributed by atoms with van der Waals surface area (Å²) in [5.41, 5.74) is 2.25. The standard InChI is InChI=1S/C15H15ClN2O3S/c1-10-9-13(7-8-14(10)18-22(2,20)21)17-15(19)11-3-5-12(16)6-4-11/h3-9,18H,1-2H3,(H,17,19). The topological polar surface area (TPSA) is 75.3 Å². The maximum absolute atomic E-state index is 12.1. The number of sulfonamides is 1. The predicted octanol–water partition coefficient (Wildman–Crippen LogP) is 3.27.